The predicted octanol–water partition coefficient (Wildman–Crippen LogP) is 7.53. The molecule has 3 aromatic carbocycles. The van der Waals surface area contributed by atoms with Gasteiger partial charge in [-0.05, 0) is 29.8 Å². The second-order valence-corrected chi connectivity index (χ2v) is 7.98. The lowest BCUT2D eigenvalue weighted by molar-refractivity contribution is 0.661. The number of hydrogen-bond donors (Lipinski definition) is 0. The van der Waals surface area contributed by atoms with E-state index in [4.69, 9.17) is 11.6 Å². The van der Waals surface area contributed by atoms with E-state index < -0.39 is 6.37 Å². The van der Waals surface area contributed by atoms with E-state index in [-0.39, 0.29) is 5.69 Å². The second-order valence-electron chi connectivity index (χ2n) is 7.98. The summed E-state index contributed by atoms with van der Waals surface area (Å²) in [5, 5.41) is 3.73. The zero-order valence-electron chi connectivity index (χ0n) is 19.4. The van der Waals surface area contributed by atoms with Crippen molar-refractivity contribution in [3.63, 3.8) is 0 Å². The zero-order chi connectivity index (χ0) is 23.6. The predicted molar refractivity (Wildman–Crippen MR) is 131 cm³/mol. The van der Waals surface area contributed by atoms with Crippen molar-refractivity contribution in [3.8, 4) is 11.3 Å². The van der Waals surface area contributed by atoms with Crippen LogP contribution in [0.15, 0.2) is 106 Å². The quantitative estimate of drug-likeness (QED) is 0.292. The van der Waals surface area contributed by atoms with Gasteiger partial charge in [-0.1, -0.05) is 60.7 Å². The highest BCUT2D eigenvalue weighted by atomic mass is 16.3. The van der Waals surface area contributed by atoms with Gasteiger partial charge in [0, 0.05) is 42.4 Å². The first-order valence-corrected chi connectivity index (χ1v) is 10.8. The Balaban J connectivity index is 1.47. The van der Waals surface area contributed by atoms with Crippen LogP contribution in [0.25, 0.3) is 55.1 Å². The van der Waals surface area contributed by atoms with Gasteiger partial charge in [0.15, 0.2) is 11.2 Å². The van der Waals surface area contributed by atoms with Crippen molar-refractivity contribution in [3.05, 3.63) is 109 Å². The molecule has 7 rings (SSSR count). The van der Waals surface area contributed by atoms with Crippen molar-refractivity contribution in [2.45, 2.75) is 6.37 Å². The molecule has 156 valence electrons. The first-order valence-electron chi connectivity index (χ1n) is 11.8. The maximum atomic E-state index is 8.85. The highest BCUT2D eigenvalue weighted by Crippen LogP contribution is 2.38. The highest BCUT2D eigenvalue weighted by Gasteiger charge is 2.17. The highest BCUT2D eigenvalue weighted by molar-refractivity contribution is 6.11. The molecule has 0 atom stereocenters. The Bertz CT molecular complexity index is 1890. The maximum Gasteiger partial charge on any atom is 0.157 e. The molecule has 0 saturated carbocycles. The third-order valence-corrected chi connectivity index (χ3v) is 5.99. The third-order valence-electron chi connectivity index (χ3n) is 5.99. The Kier molecular flexibility index (Phi) is 3.46. The van der Waals surface area contributed by atoms with Crippen molar-refractivity contribution in [2.24, 2.45) is 0 Å². The number of rotatable bonds is 3. The van der Waals surface area contributed by atoms with Gasteiger partial charge >= 0.3 is 0 Å². The minimum absolute atomic E-state index is 0.257. The standard InChI is InChI=1S/C29H18N2O2/c1-2-7-18(8-3-1)15-25-29-21(13-14-30-25)20-10-6-11-22(28(20)33-29)24-16-23-19-9-4-5-12-26(19)32-27(23)17-31-24/h1-14,16-17H,15H2/i15D2. The van der Waals surface area contributed by atoms with Crippen LogP contribution in [0.3, 0.4) is 0 Å². The van der Waals surface area contributed by atoms with Crippen molar-refractivity contribution >= 4 is 43.9 Å². The number of para-hydroxylation sites is 2. The average Bonchev–Trinajstić information content (AvgIpc) is 3.47. The van der Waals surface area contributed by atoms with Crippen LogP contribution in [-0.2, 0) is 6.37 Å². The molecule has 0 N–H and O–H groups in total. The summed E-state index contributed by atoms with van der Waals surface area (Å²) in [7, 11) is 0. The van der Waals surface area contributed by atoms with Gasteiger partial charge in [0.1, 0.15) is 11.2 Å². The van der Waals surface area contributed by atoms with Gasteiger partial charge in [-0.2, -0.15) is 0 Å². The monoisotopic (exact) mass is 428 g/mol. The van der Waals surface area contributed by atoms with E-state index in [2.05, 4.69) is 9.97 Å². The topological polar surface area (TPSA) is 52.1 Å². The molecule has 0 aliphatic heterocycles. The summed E-state index contributed by atoms with van der Waals surface area (Å²) >= 11 is 0. The van der Waals surface area contributed by atoms with Crippen LogP contribution >= 0.6 is 0 Å². The van der Waals surface area contributed by atoms with Crippen LogP contribution in [0.2, 0.25) is 0 Å². The Morgan fingerprint density at radius 1 is 0.667 bits per heavy atom. The molecule has 0 spiro atoms. The maximum absolute atomic E-state index is 8.85. The van der Waals surface area contributed by atoms with E-state index in [0.717, 1.165) is 44.0 Å². The summed E-state index contributed by atoms with van der Waals surface area (Å²) in [6.45, 7) is 0. The van der Waals surface area contributed by atoms with Gasteiger partial charge in [-0.25, -0.2) is 0 Å². The fourth-order valence-corrected chi connectivity index (χ4v) is 4.45. The van der Waals surface area contributed by atoms with Crippen LogP contribution in [0.1, 0.15) is 14.0 Å². The molecule has 0 saturated heterocycles. The molecule has 4 heteroatoms. The van der Waals surface area contributed by atoms with Gasteiger partial charge in [-0.15, -0.1) is 0 Å². The summed E-state index contributed by atoms with van der Waals surface area (Å²) in [5.41, 5.74) is 5.02. The summed E-state index contributed by atoms with van der Waals surface area (Å²) in [4.78, 5) is 9.09. The molecule has 33 heavy (non-hydrogen) atoms. The van der Waals surface area contributed by atoms with Gasteiger partial charge < -0.3 is 8.83 Å². The number of hydrogen-bond acceptors (Lipinski definition) is 4. The molecule has 0 bridgehead atoms. The SMILES string of the molecule is [2H]C([2H])(c1ccccc1)c1nccc2c1oc1c(-c3cc4c(cn3)oc3ccccc34)cccc12. The fourth-order valence-electron chi connectivity index (χ4n) is 4.45. The molecule has 4 nitrogen and oxygen atoms in total. The smallest absolute Gasteiger partial charge is 0.157 e. The van der Waals surface area contributed by atoms with Crippen molar-refractivity contribution in [1.82, 2.24) is 9.97 Å². The zero-order valence-corrected chi connectivity index (χ0v) is 17.4. The number of pyridine rings is 2. The number of nitrogens with zero attached hydrogens (tertiary/aromatic N) is 2. The van der Waals surface area contributed by atoms with Gasteiger partial charge in [0.05, 0.1) is 17.6 Å². The van der Waals surface area contributed by atoms with E-state index in [1.807, 2.05) is 72.8 Å². The number of furan rings is 2. The van der Waals surface area contributed by atoms with Crippen molar-refractivity contribution in [1.29, 1.82) is 0 Å². The van der Waals surface area contributed by atoms with E-state index in [0.29, 0.717) is 16.7 Å². The minimum atomic E-state index is -1.82. The Labute approximate surface area is 191 Å². The van der Waals surface area contributed by atoms with Gasteiger partial charge in [-0.3, -0.25) is 9.97 Å². The molecule has 0 aliphatic carbocycles. The van der Waals surface area contributed by atoms with E-state index >= 15 is 0 Å². The van der Waals surface area contributed by atoms with Crippen molar-refractivity contribution < 1.29 is 11.6 Å². The molecule has 0 amide bonds. The summed E-state index contributed by atoms with van der Waals surface area (Å²) in [6, 6.07) is 26.8. The molecule has 4 heterocycles. The summed E-state index contributed by atoms with van der Waals surface area (Å²) < 4.78 is 30.0. The lowest BCUT2D eigenvalue weighted by Crippen LogP contribution is -1.91. The lowest BCUT2D eigenvalue weighted by atomic mass is 10.0. The third kappa shape index (κ3) is 2.84. The van der Waals surface area contributed by atoms with Gasteiger partial charge in [0.2, 0.25) is 0 Å². The Morgan fingerprint density at radius 3 is 2.42 bits per heavy atom. The van der Waals surface area contributed by atoms with Crippen LogP contribution in [0.5, 0.6) is 0 Å². The molecule has 0 aliphatic rings. The van der Waals surface area contributed by atoms with Gasteiger partial charge in [0.25, 0.3) is 0 Å². The Morgan fingerprint density at radius 2 is 1.48 bits per heavy atom. The van der Waals surface area contributed by atoms with E-state index in [9.17, 15) is 0 Å². The van der Waals surface area contributed by atoms with Crippen LogP contribution < -0.4 is 0 Å². The molecule has 4 aromatic heterocycles. The fraction of sp³-hybridized carbons (Fsp3) is 0.0345. The molecule has 0 radical (unpaired) electrons. The second kappa shape index (κ2) is 7.04. The van der Waals surface area contributed by atoms with E-state index in [1.165, 1.54) is 0 Å². The minimum Gasteiger partial charge on any atom is -0.454 e. The van der Waals surface area contributed by atoms with Crippen LogP contribution in [-0.4, -0.2) is 9.97 Å². The summed E-state index contributed by atoms with van der Waals surface area (Å²) in [5.74, 6) is 0. The average molecular weight is 428 g/mol. The number of fused-ring (bicyclic) bond motifs is 6. The molecule has 0 fully saturated rings. The van der Waals surface area contributed by atoms with Crippen LogP contribution in [0.4, 0.5) is 0 Å². The molecule has 7 aromatic rings. The normalized spacial score (nSPS) is 13.1. The lowest BCUT2D eigenvalue weighted by Gasteiger charge is -2.02. The van der Waals surface area contributed by atoms with Crippen LogP contribution in [0, 0.1) is 0 Å². The molecule has 0 unspecified atom stereocenters. The number of benzene rings is 3. The first kappa shape index (κ1) is 16.2. The Hall–Kier alpha value is -4.44. The largest absolute Gasteiger partial charge is 0.454 e. The molecular weight excluding hydrogens is 408 g/mol. The molecular formula is C29H18N2O2. The van der Waals surface area contributed by atoms with Crippen molar-refractivity contribution in [2.75, 3.05) is 0 Å². The number of aromatic nitrogens is 2. The summed E-state index contributed by atoms with van der Waals surface area (Å²) in [6.07, 6.45) is 1.57. The van der Waals surface area contributed by atoms with E-state index in [1.54, 1.807) is 24.5 Å². The first-order chi connectivity index (χ1) is 17.1.